The summed E-state index contributed by atoms with van der Waals surface area (Å²) >= 11 is 3.22. The first kappa shape index (κ1) is 10.6. The molecule has 2 heterocycles. The second-order valence-electron chi connectivity index (χ2n) is 2.98. The SMILES string of the molecule is Nc1ncc(Br)cc1C(=O)Nc1ncc[nH]1. The lowest BCUT2D eigenvalue weighted by Crippen LogP contribution is -2.15. The Kier molecular flexibility index (Phi) is 2.86. The Hall–Kier alpha value is -1.89. The summed E-state index contributed by atoms with van der Waals surface area (Å²) in [5.74, 6) is 0.179. The summed E-state index contributed by atoms with van der Waals surface area (Å²) in [5, 5.41) is 2.56. The third-order valence-electron chi connectivity index (χ3n) is 1.86. The van der Waals surface area contributed by atoms with Crippen molar-refractivity contribution in [2.45, 2.75) is 0 Å². The third-order valence-corrected chi connectivity index (χ3v) is 2.29. The van der Waals surface area contributed by atoms with Crippen LogP contribution in [0.25, 0.3) is 0 Å². The van der Waals surface area contributed by atoms with Gasteiger partial charge in [-0.2, -0.15) is 0 Å². The van der Waals surface area contributed by atoms with Gasteiger partial charge in [-0.05, 0) is 22.0 Å². The number of nitrogens with one attached hydrogen (secondary N) is 2. The molecule has 2 aromatic heterocycles. The van der Waals surface area contributed by atoms with Crippen molar-refractivity contribution in [2.75, 3.05) is 11.1 Å². The summed E-state index contributed by atoms with van der Waals surface area (Å²) in [6.45, 7) is 0. The van der Waals surface area contributed by atoms with E-state index in [2.05, 4.69) is 36.2 Å². The minimum Gasteiger partial charge on any atom is -0.383 e. The van der Waals surface area contributed by atoms with Crippen molar-refractivity contribution in [3.8, 4) is 0 Å². The number of aromatic amines is 1. The molecule has 0 aromatic carbocycles. The average molecular weight is 282 g/mol. The van der Waals surface area contributed by atoms with Crippen LogP contribution in [-0.4, -0.2) is 20.9 Å². The fraction of sp³-hybridized carbons (Fsp3) is 0. The number of nitrogens with zero attached hydrogens (tertiary/aromatic N) is 2. The van der Waals surface area contributed by atoms with Crippen molar-refractivity contribution in [3.05, 3.63) is 34.7 Å². The van der Waals surface area contributed by atoms with Gasteiger partial charge in [0.2, 0.25) is 5.95 Å². The van der Waals surface area contributed by atoms with Crippen molar-refractivity contribution >= 4 is 33.6 Å². The predicted molar refractivity (Wildman–Crippen MR) is 62.9 cm³/mol. The fourth-order valence-electron chi connectivity index (χ4n) is 1.14. The maximum Gasteiger partial charge on any atom is 0.261 e. The lowest BCUT2D eigenvalue weighted by Gasteiger charge is -2.04. The van der Waals surface area contributed by atoms with Crippen LogP contribution in [0.15, 0.2) is 29.1 Å². The van der Waals surface area contributed by atoms with Crippen LogP contribution in [0.4, 0.5) is 11.8 Å². The molecule has 0 unspecified atom stereocenters. The molecule has 1 amide bonds. The van der Waals surface area contributed by atoms with Crippen LogP contribution in [0.1, 0.15) is 10.4 Å². The first-order valence-corrected chi connectivity index (χ1v) is 5.18. The standard InChI is InChI=1S/C9H8BrN5O/c10-5-3-6(7(11)14-4-5)8(16)15-9-12-1-2-13-9/h1-4H,(H2,11,14)(H2,12,13,15,16). The Morgan fingerprint density at radius 3 is 3.00 bits per heavy atom. The molecule has 0 spiro atoms. The number of imidazole rings is 1. The van der Waals surface area contributed by atoms with E-state index in [0.717, 1.165) is 0 Å². The molecule has 82 valence electrons. The predicted octanol–water partition coefficient (Wildman–Crippen LogP) is 1.40. The summed E-state index contributed by atoms with van der Waals surface area (Å²) < 4.78 is 0.686. The Morgan fingerprint density at radius 1 is 1.50 bits per heavy atom. The highest BCUT2D eigenvalue weighted by Gasteiger charge is 2.12. The molecule has 0 fully saturated rings. The number of carbonyl (C=O) groups is 1. The van der Waals surface area contributed by atoms with E-state index in [1.165, 1.54) is 12.4 Å². The van der Waals surface area contributed by atoms with Crippen molar-refractivity contribution in [1.82, 2.24) is 15.0 Å². The zero-order chi connectivity index (χ0) is 11.5. The second-order valence-corrected chi connectivity index (χ2v) is 3.89. The molecule has 0 aliphatic heterocycles. The number of pyridine rings is 1. The number of hydrogen-bond donors (Lipinski definition) is 3. The minimum atomic E-state index is -0.360. The topological polar surface area (TPSA) is 96.7 Å². The molecule has 2 aromatic rings. The first-order chi connectivity index (χ1) is 7.66. The van der Waals surface area contributed by atoms with E-state index in [1.54, 1.807) is 12.3 Å². The van der Waals surface area contributed by atoms with Crippen LogP contribution in [0.2, 0.25) is 0 Å². The number of amides is 1. The number of halogens is 1. The monoisotopic (exact) mass is 281 g/mol. The van der Waals surface area contributed by atoms with Gasteiger partial charge >= 0.3 is 0 Å². The van der Waals surface area contributed by atoms with Gasteiger partial charge in [0.05, 0.1) is 5.56 Å². The zero-order valence-electron chi connectivity index (χ0n) is 8.07. The van der Waals surface area contributed by atoms with Gasteiger partial charge in [-0.25, -0.2) is 9.97 Å². The maximum absolute atomic E-state index is 11.8. The van der Waals surface area contributed by atoms with Gasteiger partial charge in [-0.3, -0.25) is 10.1 Å². The molecule has 16 heavy (non-hydrogen) atoms. The van der Waals surface area contributed by atoms with Gasteiger partial charge in [0.25, 0.3) is 5.91 Å². The summed E-state index contributed by atoms with van der Waals surface area (Å²) in [7, 11) is 0. The number of H-pyrrole nitrogens is 1. The highest BCUT2D eigenvalue weighted by Crippen LogP contribution is 2.16. The molecular weight excluding hydrogens is 274 g/mol. The highest BCUT2D eigenvalue weighted by molar-refractivity contribution is 9.10. The van der Waals surface area contributed by atoms with E-state index < -0.39 is 0 Å². The van der Waals surface area contributed by atoms with Crippen LogP contribution in [-0.2, 0) is 0 Å². The summed E-state index contributed by atoms with van der Waals surface area (Å²) in [4.78, 5) is 22.3. The van der Waals surface area contributed by atoms with Gasteiger partial charge in [-0.15, -0.1) is 0 Å². The van der Waals surface area contributed by atoms with E-state index in [4.69, 9.17) is 5.73 Å². The molecule has 7 heteroatoms. The smallest absolute Gasteiger partial charge is 0.261 e. The van der Waals surface area contributed by atoms with Gasteiger partial charge in [0, 0.05) is 23.1 Å². The maximum atomic E-state index is 11.8. The number of nitrogens with two attached hydrogens (primary N) is 1. The summed E-state index contributed by atoms with van der Waals surface area (Å²) in [6.07, 6.45) is 4.68. The lowest BCUT2D eigenvalue weighted by molar-refractivity contribution is 0.102. The van der Waals surface area contributed by atoms with Crippen LogP contribution < -0.4 is 11.1 Å². The second kappa shape index (κ2) is 4.31. The minimum absolute atomic E-state index is 0.173. The molecule has 4 N–H and O–H groups in total. The highest BCUT2D eigenvalue weighted by atomic mass is 79.9. The van der Waals surface area contributed by atoms with E-state index in [1.807, 2.05) is 0 Å². The van der Waals surface area contributed by atoms with Crippen molar-refractivity contribution in [1.29, 1.82) is 0 Å². The first-order valence-electron chi connectivity index (χ1n) is 4.38. The average Bonchev–Trinajstić information content (AvgIpc) is 2.74. The molecule has 0 aliphatic carbocycles. The normalized spacial score (nSPS) is 10.1. The lowest BCUT2D eigenvalue weighted by atomic mass is 10.2. The number of anilines is 2. The number of carbonyl (C=O) groups excluding carboxylic acids is 1. The Bertz CT molecular complexity index is 511. The Morgan fingerprint density at radius 2 is 2.31 bits per heavy atom. The molecule has 0 radical (unpaired) electrons. The molecule has 0 atom stereocenters. The van der Waals surface area contributed by atoms with Crippen LogP contribution in [0.5, 0.6) is 0 Å². The van der Waals surface area contributed by atoms with Crippen LogP contribution in [0, 0.1) is 0 Å². The van der Waals surface area contributed by atoms with Crippen molar-refractivity contribution in [2.24, 2.45) is 0 Å². The largest absolute Gasteiger partial charge is 0.383 e. The van der Waals surface area contributed by atoms with Crippen LogP contribution >= 0.6 is 15.9 Å². The molecule has 0 saturated carbocycles. The third kappa shape index (κ3) is 2.19. The van der Waals surface area contributed by atoms with Gasteiger partial charge < -0.3 is 10.7 Å². The molecular formula is C9H8BrN5O. The van der Waals surface area contributed by atoms with Crippen molar-refractivity contribution < 1.29 is 4.79 Å². The van der Waals surface area contributed by atoms with E-state index >= 15 is 0 Å². The Balaban J connectivity index is 2.24. The summed E-state index contributed by atoms with van der Waals surface area (Å²) in [6, 6.07) is 1.60. The quantitative estimate of drug-likeness (QED) is 0.775. The molecule has 6 nitrogen and oxygen atoms in total. The van der Waals surface area contributed by atoms with Gasteiger partial charge in [0.15, 0.2) is 0 Å². The van der Waals surface area contributed by atoms with E-state index in [-0.39, 0.29) is 11.7 Å². The zero-order valence-corrected chi connectivity index (χ0v) is 9.65. The number of hydrogen-bond acceptors (Lipinski definition) is 4. The summed E-state index contributed by atoms with van der Waals surface area (Å²) in [5.41, 5.74) is 5.89. The molecule has 0 bridgehead atoms. The number of nitrogen functional groups attached to an aromatic ring is 1. The fourth-order valence-corrected chi connectivity index (χ4v) is 1.47. The molecule has 0 saturated heterocycles. The van der Waals surface area contributed by atoms with E-state index in [9.17, 15) is 4.79 Å². The van der Waals surface area contributed by atoms with Gasteiger partial charge in [0.1, 0.15) is 5.82 Å². The Labute approximate surface area is 99.4 Å². The molecule has 0 aliphatic rings. The van der Waals surface area contributed by atoms with Crippen molar-refractivity contribution in [3.63, 3.8) is 0 Å². The number of aromatic nitrogens is 3. The molecule has 2 rings (SSSR count). The van der Waals surface area contributed by atoms with Crippen LogP contribution in [0.3, 0.4) is 0 Å². The number of rotatable bonds is 2. The van der Waals surface area contributed by atoms with E-state index in [0.29, 0.717) is 16.0 Å². The van der Waals surface area contributed by atoms with Gasteiger partial charge in [-0.1, -0.05) is 0 Å².